The molecule has 3 aromatic rings. The fraction of sp³-hybridized carbons (Fsp3) is 0.208. The highest BCUT2D eigenvalue weighted by Crippen LogP contribution is 2.48. The fourth-order valence-corrected chi connectivity index (χ4v) is 4.29. The van der Waals surface area contributed by atoms with E-state index in [2.05, 4.69) is 6.07 Å². The number of ether oxygens (including phenoxy) is 3. The summed E-state index contributed by atoms with van der Waals surface area (Å²) in [6.45, 7) is 0. The van der Waals surface area contributed by atoms with Crippen LogP contribution in [0.15, 0.2) is 71.8 Å². The van der Waals surface area contributed by atoms with Gasteiger partial charge in [-0.2, -0.15) is 5.10 Å². The Kier molecular flexibility index (Phi) is 4.75. The maximum Gasteiger partial charge on any atom is 0.214 e. The lowest BCUT2D eigenvalue weighted by Gasteiger charge is -2.38. The number of nitrogens with zero attached hydrogens (tertiary/aromatic N) is 2. The van der Waals surface area contributed by atoms with Crippen LogP contribution >= 0.6 is 11.6 Å². The molecule has 0 aliphatic carbocycles. The second-order valence-electron chi connectivity index (χ2n) is 7.28. The van der Waals surface area contributed by atoms with Crippen molar-refractivity contribution in [3.05, 3.63) is 88.4 Å². The highest BCUT2D eigenvalue weighted by atomic mass is 35.5. The Bertz CT molecular complexity index is 1130. The van der Waals surface area contributed by atoms with Crippen LogP contribution in [0.3, 0.4) is 0 Å². The van der Waals surface area contributed by atoms with Gasteiger partial charge < -0.3 is 14.2 Å². The van der Waals surface area contributed by atoms with Gasteiger partial charge in [-0.3, -0.25) is 0 Å². The molecule has 0 bridgehead atoms. The third-order valence-electron chi connectivity index (χ3n) is 5.55. The first-order valence-electron chi connectivity index (χ1n) is 9.77. The van der Waals surface area contributed by atoms with Crippen molar-refractivity contribution in [3.8, 4) is 17.2 Å². The van der Waals surface area contributed by atoms with Gasteiger partial charge in [0.1, 0.15) is 5.75 Å². The standard InChI is InChI=1S/C24H21ClN2O3/c1-28-22-11-10-16(13-23(22)29-2)24-27-20(18-8-3-4-9-21(18)30-24)14-19(26-27)15-6-5-7-17(25)12-15/h3-13,20,24H,14H2,1-2H3/t20-,24+/m1/s1. The zero-order valence-electron chi connectivity index (χ0n) is 16.7. The molecule has 5 nitrogen and oxygen atoms in total. The molecule has 0 spiro atoms. The van der Waals surface area contributed by atoms with Crippen LogP contribution < -0.4 is 14.2 Å². The highest BCUT2D eigenvalue weighted by Gasteiger charge is 2.41. The third-order valence-corrected chi connectivity index (χ3v) is 5.78. The second kappa shape index (κ2) is 7.58. The van der Waals surface area contributed by atoms with Crippen LogP contribution in [0.4, 0.5) is 0 Å². The molecule has 152 valence electrons. The van der Waals surface area contributed by atoms with Crippen molar-refractivity contribution in [2.24, 2.45) is 5.10 Å². The Balaban J connectivity index is 1.59. The van der Waals surface area contributed by atoms with E-state index in [4.69, 9.17) is 30.9 Å². The smallest absolute Gasteiger partial charge is 0.214 e. The van der Waals surface area contributed by atoms with Crippen molar-refractivity contribution in [1.29, 1.82) is 0 Å². The van der Waals surface area contributed by atoms with E-state index in [1.807, 2.05) is 65.7 Å². The molecule has 0 radical (unpaired) electrons. The highest BCUT2D eigenvalue weighted by molar-refractivity contribution is 6.31. The molecular weight excluding hydrogens is 400 g/mol. The van der Waals surface area contributed by atoms with Gasteiger partial charge in [-0.25, -0.2) is 5.01 Å². The van der Waals surface area contributed by atoms with E-state index in [1.54, 1.807) is 14.2 Å². The molecule has 2 aliphatic heterocycles. The fourth-order valence-electron chi connectivity index (χ4n) is 4.10. The predicted molar refractivity (Wildman–Crippen MR) is 117 cm³/mol. The SMILES string of the molecule is COc1ccc([C@@H]2Oc3ccccc3[C@H]3CC(c4cccc(Cl)c4)=NN32)cc1OC. The van der Waals surface area contributed by atoms with Gasteiger partial charge >= 0.3 is 0 Å². The molecule has 0 saturated heterocycles. The van der Waals surface area contributed by atoms with Crippen molar-refractivity contribution in [3.63, 3.8) is 0 Å². The molecule has 2 aliphatic rings. The Morgan fingerprint density at radius 1 is 0.967 bits per heavy atom. The summed E-state index contributed by atoms with van der Waals surface area (Å²) in [7, 11) is 3.26. The van der Waals surface area contributed by atoms with Gasteiger partial charge in [-0.15, -0.1) is 0 Å². The quantitative estimate of drug-likeness (QED) is 0.551. The van der Waals surface area contributed by atoms with E-state index >= 15 is 0 Å². The van der Waals surface area contributed by atoms with E-state index < -0.39 is 0 Å². The van der Waals surface area contributed by atoms with E-state index in [0.29, 0.717) is 16.5 Å². The number of fused-ring (bicyclic) bond motifs is 3. The van der Waals surface area contributed by atoms with Gasteiger partial charge in [0.2, 0.25) is 6.23 Å². The lowest BCUT2D eigenvalue weighted by molar-refractivity contribution is -0.0191. The minimum atomic E-state index is -0.374. The maximum atomic E-state index is 6.41. The van der Waals surface area contributed by atoms with E-state index in [1.165, 1.54) is 0 Å². The Morgan fingerprint density at radius 3 is 2.60 bits per heavy atom. The van der Waals surface area contributed by atoms with Crippen molar-refractivity contribution >= 4 is 17.3 Å². The molecule has 3 aromatic carbocycles. The average Bonchev–Trinajstić information content (AvgIpc) is 3.24. The van der Waals surface area contributed by atoms with Crippen LogP contribution in [0.5, 0.6) is 17.2 Å². The third kappa shape index (κ3) is 3.15. The summed E-state index contributed by atoms with van der Waals surface area (Å²) >= 11 is 6.22. The topological polar surface area (TPSA) is 43.3 Å². The lowest BCUT2D eigenvalue weighted by atomic mass is 9.96. The zero-order valence-corrected chi connectivity index (χ0v) is 17.5. The van der Waals surface area contributed by atoms with Crippen LogP contribution in [0, 0.1) is 0 Å². The average molecular weight is 421 g/mol. The number of para-hydroxylation sites is 1. The van der Waals surface area contributed by atoms with Crippen molar-refractivity contribution in [1.82, 2.24) is 5.01 Å². The molecule has 0 amide bonds. The molecule has 2 atom stereocenters. The Hall–Kier alpha value is -3.18. The first-order chi connectivity index (χ1) is 14.7. The van der Waals surface area contributed by atoms with Gasteiger partial charge in [-0.1, -0.05) is 41.9 Å². The predicted octanol–water partition coefficient (Wildman–Crippen LogP) is 5.60. The number of hydrogen-bond acceptors (Lipinski definition) is 5. The number of benzene rings is 3. The zero-order chi connectivity index (χ0) is 20.7. The molecule has 0 aromatic heterocycles. The van der Waals surface area contributed by atoms with Gasteiger partial charge in [0.15, 0.2) is 11.5 Å². The van der Waals surface area contributed by atoms with Gasteiger partial charge in [0.25, 0.3) is 0 Å². The number of methoxy groups -OCH3 is 2. The summed E-state index contributed by atoms with van der Waals surface area (Å²) < 4.78 is 17.3. The molecule has 2 heterocycles. The first-order valence-corrected chi connectivity index (χ1v) is 10.1. The normalized spacial score (nSPS) is 19.4. The van der Waals surface area contributed by atoms with Crippen molar-refractivity contribution < 1.29 is 14.2 Å². The maximum absolute atomic E-state index is 6.41. The van der Waals surface area contributed by atoms with E-state index in [0.717, 1.165) is 34.6 Å². The summed E-state index contributed by atoms with van der Waals surface area (Å²) in [5.41, 5.74) is 4.10. The van der Waals surface area contributed by atoms with Crippen LogP contribution in [-0.4, -0.2) is 24.9 Å². The Morgan fingerprint density at radius 2 is 1.80 bits per heavy atom. The first kappa shape index (κ1) is 18.8. The summed E-state index contributed by atoms with van der Waals surface area (Å²) in [5.74, 6) is 2.21. The minimum absolute atomic E-state index is 0.0852. The molecule has 6 heteroatoms. The van der Waals surface area contributed by atoms with Gasteiger partial charge in [0.05, 0.1) is 26.0 Å². The lowest BCUT2D eigenvalue weighted by Crippen LogP contribution is -2.33. The second-order valence-corrected chi connectivity index (χ2v) is 7.72. The molecular formula is C24H21ClN2O3. The van der Waals surface area contributed by atoms with E-state index in [9.17, 15) is 0 Å². The number of hydrogen-bond donors (Lipinski definition) is 0. The number of halogens is 1. The van der Waals surface area contributed by atoms with Crippen molar-refractivity contribution in [2.75, 3.05) is 14.2 Å². The monoisotopic (exact) mass is 420 g/mol. The van der Waals surface area contributed by atoms with Crippen LogP contribution in [0.25, 0.3) is 0 Å². The molecule has 5 rings (SSSR count). The Labute approximate surface area is 180 Å². The summed E-state index contributed by atoms with van der Waals surface area (Å²) in [6, 6.07) is 21.9. The molecule has 0 fully saturated rings. The van der Waals surface area contributed by atoms with Gasteiger partial charge in [0, 0.05) is 22.6 Å². The van der Waals surface area contributed by atoms with E-state index in [-0.39, 0.29) is 12.3 Å². The number of hydrazone groups is 1. The molecule has 0 N–H and O–H groups in total. The van der Waals surface area contributed by atoms with Crippen molar-refractivity contribution in [2.45, 2.75) is 18.7 Å². The van der Waals surface area contributed by atoms with Gasteiger partial charge in [-0.05, 0) is 42.0 Å². The molecule has 0 unspecified atom stereocenters. The molecule has 0 saturated carbocycles. The minimum Gasteiger partial charge on any atom is -0.493 e. The van der Waals surface area contributed by atoms with Crippen LogP contribution in [0.1, 0.15) is 35.4 Å². The summed E-state index contributed by atoms with van der Waals surface area (Å²) in [4.78, 5) is 0. The summed E-state index contributed by atoms with van der Waals surface area (Å²) in [5, 5.41) is 7.71. The largest absolute Gasteiger partial charge is 0.493 e. The van der Waals surface area contributed by atoms with Crippen LogP contribution in [-0.2, 0) is 0 Å². The summed E-state index contributed by atoms with van der Waals surface area (Å²) in [6.07, 6.45) is 0.409. The number of rotatable bonds is 4. The molecule has 30 heavy (non-hydrogen) atoms. The van der Waals surface area contributed by atoms with Crippen LogP contribution in [0.2, 0.25) is 5.02 Å².